The van der Waals surface area contributed by atoms with Crippen LogP contribution in [0.4, 0.5) is 0 Å². The second kappa shape index (κ2) is 3.89. The Bertz CT molecular complexity index is 673. The summed E-state index contributed by atoms with van der Waals surface area (Å²) in [7, 11) is -3.53. The van der Waals surface area contributed by atoms with Gasteiger partial charge in [-0.1, -0.05) is 0 Å². The van der Waals surface area contributed by atoms with E-state index < -0.39 is 10.0 Å². The molecule has 0 atom stereocenters. The van der Waals surface area contributed by atoms with Gasteiger partial charge in [0.2, 0.25) is 0 Å². The summed E-state index contributed by atoms with van der Waals surface area (Å²) >= 11 is 0. The highest BCUT2D eigenvalue weighted by atomic mass is 32.2. The minimum atomic E-state index is -3.53. The molecule has 2 aromatic rings. The Hall–Kier alpha value is -1.74. The van der Waals surface area contributed by atoms with Gasteiger partial charge in [-0.25, -0.2) is 13.4 Å². The number of imidazole rings is 1. The molecule has 0 bridgehead atoms. The summed E-state index contributed by atoms with van der Waals surface area (Å²) in [5.41, 5.74) is 0. The van der Waals surface area contributed by atoms with E-state index in [1.54, 1.807) is 13.3 Å². The van der Waals surface area contributed by atoms with Gasteiger partial charge in [0.25, 0.3) is 10.0 Å². The molecule has 0 radical (unpaired) electrons. The Morgan fingerprint density at radius 3 is 2.94 bits per heavy atom. The highest BCUT2D eigenvalue weighted by Gasteiger charge is 2.30. The van der Waals surface area contributed by atoms with Gasteiger partial charge in [-0.2, -0.15) is 4.31 Å². The highest BCUT2D eigenvalue weighted by Crippen LogP contribution is 2.18. The predicted octanol–water partition coefficient (Wildman–Crippen LogP) is -0.486. The van der Waals surface area contributed by atoms with Crippen molar-refractivity contribution in [2.45, 2.75) is 25.0 Å². The number of H-pyrrole nitrogens is 1. The third-order valence-electron chi connectivity index (χ3n) is 2.90. The molecule has 9 heteroatoms. The minimum Gasteiger partial charge on any atom is -0.332 e. The first-order valence-electron chi connectivity index (χ1n) is 5.46. The summed E-state index contributed by atoms with van der Waals surface area (Å²) in [6.45, 7) is 2.92. The number of nitrogens with one attached hydrogen (secondary N) is 1. The fraction of sp³-hybridized carbons (Fsp3) is 0.444. The molecule has 96 valence electrons. The van der Waals surface area contributed by atoms with Crippen molar-refractivity contribution in [1.82, 2.24) is 29.0 Å². The molecule has 0 unspecified atom stereocenters. The fourth-order valence-electron chi connectivity index (χ4n) is 1.92. The molecule has 0 spiro atoms. The molecule has 3 rings (SSSR count). The number of aromatic amines is 1. The van der Waals surface area contributed by atoms with Crippen molar-refractivity contribution in [2.24, 2.45) is 0 Å². The van der Waals surface area contributed by atoms with Gasteiger partial charge in [-0.15, -0.1) is 10.2 Å². The lowest BCUT2D eigenvalue weighted by molar-refractivity contribution is 0.334. The summed E-state index contributed by atoms with van der Waals surface area (Å²) < 4.78 is 27.9. The molecule has 2 aromatic heterocycles. The van der Waals surface area contributed by atoms with Gasteiger partial charge in [0.1, 0.15) is 18.0 Å². The van der Waals surface area contributed by atoms with Crippen LogP contribution in [-0.4, -0.2) is 44.0 Å². The Morgan fingerprint density at radius 2 is 2.22 bits per heavy atom. The largest absolute Gasteiger partial charge is 0.332 e. The van der Waals surface area contributed by atoms with E-state index in [0.717, 1.165) is 0 Å². The lowest BCUT2D eigenvalue weighted by atomic mass is 10.4. The summed E-state index contributed by atoms with van der Waals surface area (Å²) in [4.78, 5) is 6.67. The zero-order chi connectivity index (χ0) is 12.8. The first-order chi connectivity index (χ1) is 8.57. The second-order valence-electron chi connectivity index (χ2n) is 4.11. The van der Waals surface area contributed by atoms with E-state index in [4.69, 9.17) is 0 Å². The molecule has 1 N–H and O–H groups in total. The van der Waals surface area contributed by atoms with Gasteiger partial charge in [0, 0.05) is 13.1 Å². The van der Waals surface area contributed by atoms with E-state index in [1.165, 1.54) is 10.5 Å². The van der Waals surface area contributed by atoms with E-state index in [2.05, 4.69) is 20.2 Å². The molecule has 0 saturated heterocycles. The van der Waals surface area contributed by atoms with E-state index >= 15 is 0 Å². The highest BCUT2D eigenvalue weighted by molar-refractivity contribution is 7.89. The van der Waals surface area contributed by atoms with Crippen molar-refractivity contribution in [3.8, 4) is 0 Å². The maximum Gasteiger partial charge on any atom is 0.260 e. The Morgan fingerprint density at radius 1 is 1.39 bits per heavy atom. The number of sulfonamides is 1. The number of hydrogen-bond donors (Lipinski definition) is 1. The van der Waals surface area contributed by atoms with Crippen LogP contribution in [0.1, 0.15) is 11.6 Å². The third-order valence-corrected chi connectivity index (χ3v) is 4.66. The maximum absolute atomic E-state index is 12.3. The first kappa shape index (κ1) is 11.4. The smallest absolute Gasteiger partial charge is 0.260 e. The summed E-state index contributed by atoms with van der Waals surface area (Å²) in [5, 5.41) is 7.79. The normalized spacial score (nSPS) is 16.7. The monoisotopic (exact) mass is 268 g/mol. The van der Waals surface area contributed by atoms with Crippen molar-refractivity contribution >= 4 is 10.0 Å². The molecule has 1 aliphatic heterocycles. The molecule has 1 aliphatic rings. The van der Waals surface area contributed by atoms with Gasteiger partial charge in [-0.05, 0) is 6.92 Å². The molecule has 0 saturated carbocycles. The van der Waals surface area contributed by atoms with Crippen LogP contribution in [0.25, 0.3) is 0 Å². The summed E-state index contributed by atoms with van der Waals surface area (Å²) in [6.07, 6.45) is 2.95. The molecule has 0 amide bonds. The summed E-state index contributed by atoms with van der Waals surface area (Å²) in [5.74, 6) is 1.23. The van der Waals surface area contributed by atoms with Crippen molar-refractivity contribution in [2.75, 3.05) is 6.54 Å². The molecule has 8 nitrogen and oxygen atoms in total. The van der Waals surface area contributed by atoms with Crippen LogP contribution in [0.3, 0.4) is 0 Å². The molecule has 0 aromatic carbocycles. The molecule has 0 fully saturated rings. The average molecular weight is 268 g/mol. The molecular weight excluding hydrogens is 256 g/mol. The number of aromatic nitrogens is 5. The van der Waals surface area contributed by atoms with Gasteiger partial charge >= 0.3 is 0 Å². The van der Waals surface area contributed by atoms with Crippen LogP contribution >= 0.6 is 0 Å². The molecule has 18 heavy (non-hydrogen) atoms. The third kappa shape index (κ3) is 1.71. The van der Waals surface area contributed by atoms with E-state index in [-0.39, 0.29) is 11.6 Å². The quantitative estimate of drug-likeness (QED) is 0.793. The fourth-order valence-corrected chi connectivity index (χ4v) is 3.27. The van der Waals surface area contributed by atoms with Gasteiger partial charge in [-0.3, -0.25) is 0 Å². The van der Waals surface area contributed by atoms with Crippen LogP contribution in [-0.2, 0) is 23.1 Å². The zero-order valence-corrected chi connectivity index (χ0v) is 10.6. The van der Waals surface area contributed by atoms with Crippen molar-refractivity contribution < 1.29 is 8.42 Å². The van der Waals surface area contributed by atoms with Crippen molar-refractivity contribution in [1.29, 1.82) is 0 Å². The van der Waals surface area contributed by atoms with Crippen LogP contribution in [0.2, 0.25) is 0 Å². The Kier molecular flexibility index (Phi) is 2.45. The number of fused-ring (bicyclic) bond motifs is 1. The van der Waals surface area contributed by atoms with Crippen LogP contribution in [0.15, 0.2) is 17.6 Å². The van der Waals surface area contributed by atoms with Crippen molar-refractivity contribution in [3.63, 3.8) is 0 Å². The summed E-state index contributed by atoms with van der Waals surface area (Å²) in [6, 6.07) is 0. The number of rotatable bonds is 2. The number of hydrogen-bond acceptors (Lipinski definition) is 5. The SMILES string of the molecule is Cc1ncc(S(=O)(=O)N2CCn3cnnc3C2)[nH]1. The maximum atomic E-state index is 12.3. The van der Waals surface area contributed by atoms with E-state index in [0.29, 0.717) is 24.7 Å². The lowest BCUT2D eigenvalue weighted by Crippen LogP contribution is -2.38. The lowest BCUT2D eigenvalue weighted by Gasteiger charge is -2.25. The Balaban J connectivity index is 1.92. The van der Waals surface area contributed by atoms with Gasteiger partial charge in [0.05, 0.1) is 12.7 Å². The number of aryl methyl sites for hydroxylation is 1. The average Bonchev–Trinajstić information content (AvgIpc) is 2.96. The van der Waals surface area contributed by atoms with Gasteiger partial charge in [0.15, 0.2) is 5.03 Å². The van der Waals surface area contributed by atoms with Gasteiger partial charge < -0.3 is 9.55 Å². The molecule has 0 aliphatic carbocycles. The molecule has 3 heterocycles. The molecular formula is C9H12N6O2S. The van der Waals surface area contributed by atoms with Crippen molar-refractivity contribution in [3.05, 3.63) is 24.2 Å². The van der Waals surface area contributed by atoms with E-state index in [9.17, 15) is 8.42 Å². The minimum absolute atomic E-state index is 0.118. The van der Waals surface area contributed by atoms with E-state index in [1.807, 2.05) is 4.57 Å². The number of nitrogens with zero attached hydrogens (tertiary/aromatic N) is 5. The second-order valence-corrected chi connectivity index (χ2v) is 6.02. The Labute approximate surface area is 104 Å². The first-order valence-corrected chi connectivity index (χ1v) is 6.90. The predicted molar refractivity (Wildman–Crippen MR) is 60.9 cm³/mol. The van der Waals surface area contributed by atoms with Crippen LogP contribution in [0, 0.1) is 6.92 Å². The van der Waals surface area contributed by atoms with Crippen LogP contribution in [0.5, 0.6) is 0 Å². The zero-order valence-electron chi connectivity index (χ0n) is 9.74. The standard InChI is InChI=1S/C9H12N6O2S/c1-7-10-4-9(12-7)18(16,17)15-3-2-14-6-11-13-8(14)5-15/h4,6H,2-3,5H2,1H3,(H,10,12). The van der Waals surface area contributed by atoms with Crippen LogP contribution < -0.4 is 0 Å². The topological polar surface area (TPSA) is 96.8 Å².